The summed E-state index contributed by atoms with van der Waals surface area (Å²) in [7, 11) is 2.19. The van der Waals surface area contributed by atoms with E-state index in [1.807, 2.05) is 0 Å². The highest BCUT2D eigenvalue weighted by molar-refractivity contribution is 5.80. The van der Waals surface area contributed by atoms with Crippen molar-refractivity contribution in [3.63, 3.8) is 0 Å². The molecule has 0 spiro atoms. The van der Waals surface area contributed by atoms with Gasteiger partial charge in [-0.3, -0.25) is 4.99 Å². The fourth-order valence-electron chi connectivity index (χ4n) is 3.55. The van der Waals surface area contributed by atoms with E-state index >= 15 is 0 Å². The third kappa shape index (κ3) is 7.80. The van der Waals surface area contributed by atoms with Gasteiger partial charge >= 0.3 is 0 Å². The highest BCUT2D eigenvalue weighted by atomic mass is 16.5. The third-order valence-electron chi connectivity index (χ3n) is 5.25. The van der Waals surface area contributed by atoms with Crippen molar-refractivity contribution in [2.75, 3.05) is 59.5 Å². The molecular formula is C20H40N4O2. The van der Waals surface area contributed by atoms with Crippen molar-refractivity contribution in [1.29, 1.82) is 0 Å². The summed E-state index contributed by atoms with van der Waals surface area (Å²) in [6.07, 6.45) is 7.71. The first-order valence-corrected chi connectivity index (χ1v) is 10.7. The summed E-state index contributed by atoms with van der Waals surface area (Å²) < 4.78 is 11.7. The molecule has 0 aliphatic carbocycles. The minimum absolute atomic E-state index is 0.330. The number of unbranched alkanes of at least 4 members (excludes halogenated alkanes) is 1. The molecule has 2 rings (SSSR count). The zero-order valence-electron chi connectivity index (χ0n) is 17.2. The van der Waals surface area contributed by atoms with Crippen molar-refractivity contribution in [3.05, 3.63) is 0 Å². The predicted octanol–water partition coefficient (Wildman–Crippen LogP) is 2.34. The average molecular weight is 369 g/mol. The number of likely N-dealkylation sites (N-methyl/N-ethyl adjacent to an activating group) is 1. The maximum atomic E-state index is 6.09. The maximum Gasteiger partial charge on any atom is 0.193 e. The van der Waals surface area contributed by atoms with Gasteiger partial charge in [-0.15, -0.1) is 0 Å². The first kappa shape index (κ1) is 21.5. The summed E-state index contributed by atoms with van der Waals surface area (Å²) in [4.78, 5) is 9.62. The van der Waals surface area contributed by atoms with Gasteiger partial charge in [-0.25, -0.2) is 0 Å². The van der Waals surface area contributed by atoms with Crippen LogP contribution in [0.2, 0.25) is 0 Å². The van der Waals surface area contributed by atoms with Crippen LogP contribution in [0.15, 0.2) is 4.99 Å². The van der Waals surface area contributed by atoms with Gasteiger partial charge in [-0.1, -0.05) is 13.3 Å². The van der Waals surface area contributed by atoms with E-state index in [0.717, 1.165) is 77.7 Å². The first-order valence-electron chi connectivity index (χ1n) is 10.7. The Labute approximate surface area is 160 Å². The molecule has 2 heterocycles. The molecule has 1 unspecified atom stereocenters. The lowest BCUT2D eigenvalue weighted by Crippen LogP contribution is -2.47. The lowest BCUT2D eigenvalue weighted by molar-refractivity contribution is -0.0367. The number of likely N-dealkylation sites (tertiary alicyclic amines) is 1. The van der Waals surface area contributed by atoms with Crippen LogP contribution < -0.4 is 5.32 Å². The van der Waals surface area contributed by atoms with Gasteiger partial charge in [0.15, 0.2) is 5.96 Å². The number of nitrogens with one attached hydrogen (secondary N) is 1. The minimum Gasteiger partial charge on any atom is -0.376 e. The van der Waals surface area contributed by atoms with Crippen LogP contribution in [0.25, 0.3) is 0 Å². The van der Waals surface area contributed by atoms with Gasteiger partial charge in [0.25, 0.3) is 0 Å². The summed E-state index contributed by atoms with van der Waals surface area (Å²) in [6, 6.07) is 0. The van der Waals surface area contributed by atoms with E-state index in [9.17, 15) is 0 Å². The summed E-state index contributed by atoms with van der Waals surface area (Å²) in [6.45, 7) is 12.1. The van der Waals surface area contributed by atoms with Crippen molar-refractivity contribution >= 4 is 5.96 Å². The molecule has 2 aliphatic heterocycles. The summed E-state index contributed by atoms with van der Waals surface area (Å²) in [5.41, 5.74) is 0. The van der Waals surface area contributed by atoms with Crippen LogP contribution in [0.5, 0.6) is 0 Å². The molecule has 2 aliphatic rings. The number of aliphatic imine (C=N–C) groups is 1. The molecule has 26 heavy (non-hydrogen) atoms. The maximum absolute atomic E-state index is 6.09. The van der Waals surface area contributed by atoms with Gasteiger partial charge in [0.2, 0.25) is 0 Å². The lowest BCUT2D eigenvalue weighted by Gasteiger charge is -2.34. The van der Waals surface area contributed by atoms with Crippen LogP contribution in [0.3, 0.4) is 0 Å². The van der Waals surface area contributed by atoms with E-state index in [-0.39, 0.29) is 0 Å². The minimum atomic E-state index is 0.330. The third-order valence-corrected chi connectivity index (χ3v) is 5.25. The summed E-state index contributed by atoms with van der Waals surface area (Å²) >= 11 is 0. The van der Waals surface area contributed by atoms with E-state index < -0.39 is 0 Å². The topological polar surface area (TPSA) is 49.3 Å². The summed E-state index contributed by atoms with van der Waals surface area (Å²) in [5, 5.41) is 3.46. The van der Waals surface area contributed by atoms with Crippen LogP contribution >= 0.6 is 0 Å². The Bertz CT molecular complexity index is 391. The fourth-order valence-corrected chi connectivity index (χ4v) is 3.55. The largest absolute Gasteiger partial charge is 0.376 e. The van der Waals surface area contributed by atoms with Gasteiger partial charge < -0.3 is 24.6 Å². The van der Waals surface area contributed by atoms with Crippen molar-refractivity contribution in [2.45, 2.75) is 64.6 Å². The average Bonchev–Trinajstić information content (AvgIpc) is 3.18. The Kier molecular flexibility index (Phi) is 10.3. The van der Waals surface area contributed by atoms with E-state index in [2.05, 4.69) is 36.0 Å². The Balaban J connectivity index is 1.69. The smallest absolute Gasteiger partial charge is 0.193 e. The van der Waals surface area contributed by atoms with Crippen LogP contribution in [0.1, 0.15) is 52.4 Å². The van der Waals surface area contributed by atoms with E-state index in [1.54, 1.807) is 0 Å². The highest BCUT2D eigenvalue weighted by Crippen LogP contribution is 2.17. The van der Waals surface area contributed by atoms with Gasteiger partial charge in [0.05, 0.1) is 25.4 Å². The number of piperidine rings is 1. The van der Waals surface area contributed by atoms with Crippen molar-refractivity contribution < 1.29 is 9.47 Å². The molecule has 0 radical (unpaired) electrons. The molecule has 6 heteroatoms. The van der Waals surface area contributed by atoms with Crippen LogP contribution in [0, 0.1) is 0 Å². The van der Waals surface area contributed by atoms with Gasteiger partial charge in [0.1, 0.15) is 0 Å². The second-order valence-corrected chi connectivity index (χ2v) is 7.55. The monoisotopic (exact) mass is 368 g/mol. The second kappa shape index (κ2) is 12.5. The predicted molar refractivity (Wildman–Crippen MR) is 108 cm³/mol. The number of hydrogen-bond donors (Lipinski definition) is 1. The molecule has 1 atom stereocenters. The zero-order valence-corrected chi connectivity index (χ0v) is 17.2. The molecule has 2 saturated heterocycles. The molecule has 0 aromatic heterocycles. The van der Waals surface area contributed by atoms with E-state index in [4.69, 9.17) is 14.5 Å². The number of rotatable bonds is 10. The molecule has 0 saturated carbocycles. The van der Waals surface area contributed by atoms with Crippen LogP contribution in [-0.4, -0.2) is 87.5 Å². The standard InChI is InChI=1S/C20H40N4O2/c1-4-6-12-23(3)15-11-22-20(21-5-2)24-13-9-18(10-14-24)26-17-19-8-7-16-25-19/h18-19H,4-17H2,1-3H3,(H,21,22). The Morgan fingerprint density at radius 3 is 2.69 bits per heavy atom. The van der Waals surface area contributed by atoms with Gasteiger partial charge in [-0.2, -0.15) is 0 Å². The quantitative estimate of drug-likeness (QED) is 0.474. The number of ether oxygens (including phenoxy) is 2. The molecule has 0 aromatic carbocycles. The molecule has 0 amide bonds. The highest BCUT2D eigenvalue weighted by Gasteiger charge is 2.24. The molecule has 0 bridgehead atoms. The summed E-state index contributed by atoms with van der Waals surface area (Å²) in [5.74, 6) is 1.06. The Morgan fingerprint density at radius 1 is 1.23 bits per heavy atom. The van der Waals surface area contributed by atoms with Gasteiger partial charge in [-0.05, 0) is 52.6 Å². The van der Waals surface area contributed by atoms with Crippen molar-refractivity contribution in [3.8, 4) is 0 Å². The molecule has 0 aromatic rings. The van der Waals surface area contributed by atoms with E-state index in [1.165, 1.54) is 19.3 Å². The molecular weight excluding hydrogens is 328 g/mol. The zero-order chi connectivity index (χ0) is 18.6. The second-order valence-electron chi connectivity index (χ2n) is 7.55. The lowest BCUT2D eigenvalue weighted by atomic mass is 10.1. The fraction of sp³-hybridized carbons (Fsp3) is 0.950. The van der Waals surface area contributed by atoms with Crippen LogP contribution in [0.4, 0.5) is 0 Å². The van der Waals surface area contributed by atoms with Crippen molar-refractivity contribution in [1.82, 2.24) is 15.1 Å². The number of nitrogens with zero attached hydrogens (tertiary/aromatic N) is 3. The first-order chi connectivity index (χ1) is 12.7. The molecule has 2 fully saturated rings. The Hall–Kier alpha value is -0.850. The normalized spacial score (nSPS) is 22.4. The van der Waals surface area contributed by atoms with Gasteiger partial charge in [0, 0.05) is 32.8 Å². The Morgan fingerprint density at radius 2 is 2.04 bits per heavy atom. The number of hydrogen-bond acceptors (Lipinski definition) is 4. The number of guanidine groups is 1. The van der Waals surface area contributed by atoms with Crippen LogP contribution in [-0.2, 0) is 9.47 Å². The van der Waals surface area contributed by atoms with Crippen molar-refractivity contribution in [2.24, 2.45) is 4.99 Å². The molecule has 6 nitrogen and oxygen atoms in total. The molecule has 152 valence electrons. The van der Waals surface area contributed by atoms with E-state index in [0.29, 0.717) is 12.2 Å². The molecule has 1 N–H and O–H groups in total. The SMILES string of the molecule is CCCCN(C)CCN=C(NCC)N1CCC(OCC2CCCO2)CC1.